The first-order valence-corrected chi connectivity index (χ1v) is 10.3. The lowest BCUT2D eigenvalue weighted by Crippen LogP contribution is -2.27. The van der Waals surface area contributed by atoms with Crippen LogP contribution in [0.3, 0.4) is 0 Å². The number of hydrogen-bond donors (Lipinski definition) is 1. The number of nitrogens with one attached hydrogen (secondary N) is 1. The van der Waals surface area contributed by atoms with Gasteiger partial charge in [-0.2, -0.15) is 0 Å². The summed E-state index contributed by atoms with van der Waals surface area (Å²) in [4.78, 5) is 54.5. The van der Waals surface area contributed by atoms with Gasteiger partial charge in [-0.1, -0.05) is 12.1 Å². The molecule has 0 aliphatic carbocycles. The maximum atomic E-state index is 12.8. The molecule has 1 saturated heterocycles. The lowest BCUT2D eigenvalue weighted by atomic mass is 10.0. The largest absolute Gasteiger partial charge is 0.495 e. The Labute approximate surface area is 185 Å². The van der Waals surface area contributed by atoms with Crippen molar-refractivity contribution in [1.29, 1.82) is 0 Å². The highest BCUT2D eigenvalue weighted by molar-refractivity contribution is 6.09. The quantitative estimate of drug-likeness (QED) is 0.494. The van der Waals surface area contributed by atoms with Gasteiger partial charge in [-0.05, 0) is 32.9 Å². The number of Topliss-reactive ketones (excluding diaryl/α,β-unsaturated/α-hetero) is 1. The van der Waals surface area contributed by atoms with E-state index < -0.39 is 30.2 Å². The molecule has 2 aromatic rings. The lowest BCUT2D eigenvalue weighted by molar-refractivity contribution is -0.147. The molecule has 0 saturated carbocycles. The number of anilines is 1. The van der Waals surface area contributed by atoms with E-state index >= 15 is 0 Å². The maximum absolute atomic E-state index is 12.8. The first-order valence-electron chi connectivity index (χ1n) is 10.3. The zero-order valence-electron chi connectivity index (χ0n) is 18.5. The van der Waals surface area contributed by atoms with E-state index in [-0.39, 0.29) is 36.6 Å². The van der Waals surface area contributed by atoms with Crippen LogP contribution >= 0.6 is 0 Å². The summed E-state index contributed by atoms with van der Waals surface area (Å²) in [6.07, 6.45) is -0.0264. The minimum atomic E-state index is -0.709. The van der Waals surface area contributed by atoms with Crippen LogP contribution in [0.25, 0.3) is 0 Å². The Morgan fingerprint density at radius 3 is 2.47 bits per heavy atom. The van der Waals surface area contributed by atoms with E-state index in [4.69, 9.17) is 14.2 Å². The smallest absolute Gasteiger partial charge is 0.340 e. The number of aromatic nitrogens is 1. The number of nitrogens with zero attached hydrogens (tertiary/aromatic N) is 1. The van der Waals surface area contributed by atoms with E-state index in [1.807, 2.05) is 0 Å². The predicted octanol–water partition coefficient (Wildman–Crippen LogP) is 2.60. The van der Waals surface area contributed by atoms with E-state index in [9.17, 15) is 19.2 Å². The molecule has 0 bridgehead atoms. The average molecular weight is 442 g/mol. The number of carbonyl (C=O) groups excluding carboxylic acids is 4. The standard InChI is InChI=1S/C23H26N2O7/c1-5-31-23(29)21-14(3)24-13(2)20(21)17(26)12-32-22(28)15-10-19(27)25(11-15)16-8-6-7-9-18(16)30-4/h6-9,15,24H,5,10-12H2,1-4H3. The Bertz CT molecular complexity index is 1060. The van der Waals surface area contributed by atoms with Crippen LogP contribution in [0.15, 0.2) is 24.3 Å². The molecule has 1 fully saturated rings. The summed E-state index contributed by atoms with van der Waals surface area (Å²) in [5.41, 5.74) is 1.86. The van der Waals surface area contributed by atoms with Crippen molar-refractivity contribution in [2.45, 2.75) is 27.2 Å². The number of para-hydroxylation sites is 2. The van der Waals surface area contributed by atoms with Gasteiger partial charge < -0.3 is 24.1 Å². The monoisotopic (exact) mass is 442 g/mol. The van der Waals surface area contributed by atoms with Crippen molar-refractivity contribution >= 4 is 29.3 Å². The fourth-order valence-corrected chi connectivity index (χ4v) is 3.87. The molecule has 9 nitrogen and oxygen atoms in total. The Balaban J connectivity index is 1.67. The number of rotatable bonds is 8. The van der Waals surface area contributed by atoms with Gasteiger partial charge in [-0.3, -0.25) is 14.4 Å². The molecule has 0 radical (unpaired) electrons. The molecule has 1 atom stereocenters. The van der Waals surface area contributed by atoms with Gasteiger partial charge in [0.2, 0.25) is 11.7 Å². The van der Waals surface area contributed by atoms with Crippen LogP contribution in [-0.4, -0.2) is 55.5 Å². The van der Waals surface area contributed by atoms with E-state index in [1.54, 1.807) is 45.0 Å². The first-order chi connectivity index (χ1) is 15.3. The van der Waals surface area contributed by atoms with Gasteiger partial charge in [0.1, 0.15) is 5.75 Å². The Kier molecular flexibility index (Phi) is 6.97. The number of methoxy groups -OCH3 is 1. The number of esters is 2. The number of amides is 1. The van der Waals surface area contributed by atoms with Gasteiger partial charge in [0.25, 0.3) is 0 Å². The zero-order chi connectivity index (χ0) is 23.4. The van der Waals surface area contributed by atoms with Crippen molar-refractivity contribution in [3.8, 4) is 5.75 Å². The third-order valence-electron chi connectivity index (χ3n) is 5.31. The van der Waals surface area contributed by atoms with Gasteiger partial charge in [-0.25, -0.2) is 4.79 Å². The molecular formula is C23H26N2O7. The van der Waals surface area contributed by atoms with Crippen LogP contribution in [0.5, 0.6) is 5.75 Å². The number of ketones is 1. The third kappa shape index (κ3) is 4.51. The first kappa shape index (κ1) is 23.1. The molecule has 1 aromatic heterocycles. The van der Waals surface area contributed by atoms with E-state index in [0.29, 0.717) is 22.8 Å². The molecule has 1 N–H and O–H groups in total. The van der Waals surface area contributed by atoms with Gasteiger partial charge in [0, 0.05) is 24.4 Å². The van der Waals surface area contributed by atoms with Gasteiger partial charge >= 0.3 is 11.9 Å². The molecule has 1 aliphatic heterocycles. The second-order valence-electron chi connectivity index (χ2n) is 7.45. The van der Waals surface area contributed by atoms with Gasteiger partial charge in [-0.15, -0.1) is 0 Å². The van der Waals surface area contributed by atoms with Crippen molar-refractivity contribution in [3.05, 3.63) is 46.8 Å². The SMILES string of the molecule is CCOC(=O)c1c(C)[nH]c(C)c1C(=O)COC(=O)C1CC(=O)N(c2ccccc2OC)C1. The summed E-state index contributed by atoms with van der Waals surface area (Å²) in [6, 6.07) is 7.03. The average Bonchev–Trinajstić information content (AvgIpc) is 3.30. The normalized spacial score (nSPS) is 15.6. The number of hydrogen-bond acceptors (Lipinski definition) is 7. The topological polar surface area (TPSA) is 115 Å². The predicted molar refractivity (Wildman–Crippen MR) is 115 cm³/mol. The van der Waals surface area contributed by atoms with E-state index in [1.165, 1.54) is 12.0 Å². The van der Waals surface area contributed by atoms with Gasteiger partial charge in [0.15, 0.2) is 6.61 Å². The molecular weight excluding hydrogens is 416 g/mol. The number of benzene rings is 1. The highest BCUT2D eigenvalue weighted by atomic mass is 16.5. The van der Waals surface area contributed by atoms with Crippen LogP contribution in [-0.2, 0) is 19.1 Å². The summed E-state index contributed by atoms with van der Waals surface area (Å²) in [6.45, 7) is 4.76. The molecule has 0 spiro atoms. The molecule has 2 heterocycles. The second kappa shape index (κ2) is 9.67. The molecule has 1 amide bonds. The van der Waals surface area contributed by atoms with Crippen LogP contribution in [0.1, 0.15) is 45.4 Å². The minimum Gasteiger partial charge on any atom is -0.495 e. The van der Waals surface area contributed by atoms with Crippen LogP contribution in [0.4, 0.5) is 5.69 Å². The van der Waals surface area contributed by atoms with Crippen molar-refractivity contribution in [3.63, 3.8) is 0 Å². The van der Waals surface area contributed by atoms with Crippen molar-refractivity contribution in [2.24, 2.45) is 5.92 Å². The molecule has 1 unspecified atom stereocenters. The zero-order valence-corrected chi connectivity index (χ0v) is 18.5. The highest BCUT2D eigenvalue weighted by Gasteiger charge is 2.37. The summed E-state index contributed by atoms with van der Waals surface area (Å²) in [5.74, 6) is -2.20. The molecule has 9 heteroatoms. The summed E-state index contributed by atoms with van der Waals surface area (Å²) >= 11 is 0. The Hall–Kier alpha value is -3.62. The van der Waals surface area contributed by atoms with Crippen LogP contribution in [0, 0.1) is 19.8 Å². The van der Waals surface area contributed by atoms with E-state index in [2.05, 4.69) is 4.98 Å². The summed E-state index contributed by atoms with van der Waals surface area (Å²) in [7, 11) is 1.51. The Morgan fingerprint density at radius 2 is 1.78 bits per heavy atom. The minimum absolute atomic E-state index is 0.0264. The fourth-order valence-electron chi connectivity index (χ4n) is 3.87. The van der Waals surface area contributed by atoms with Gasteiger partial charge in [0.05, 0.1) is 36.4 Å². The number of H-pyrrole nitrogens is 1. The molecule has 1 aliphatic rings. The van der Waals surface area contributed by atoms with E-state index in [0.717, 1.165) is 0 Å². The molecule has 170 valence electrons. The maximum Gasteiger partial charge on any atom is 0.340 e. The fraction of sp³-hybridized carbons (Fsp3) is 0.391. The number of carbonyl (C=O) groups is 4. The molecule has 32 heavy (non-hydrogen) atoms. The number of ether oxygens (including phenoxy) is 3. The molecule has 1 aromatic carbocycles. The summed E-state index contributed by atoms with van der Waals surface area (Å²) in [5, 5.41) is 0. The third-order valence-corrected chi connectivity index (χ3v) is 5.31. The Morgan fingerprint density at radius 1 is 1.09 bits per heavy atom. The van der Waals surface area contributed by atoms with Crippen LogP contribution < -0.4 is 9.64 Å². The number of aromatic amines is 1. The lowest BCUT2D eigenvalue weighted by Gasteiger charge is -2.19. The summed E-state index contributed by atoms with van der Waals surface area (Å²) < 4.78 is 15.6. The second-order valence-corrected chi connectivity index (χ2v) is 7.45. The van der Waals surface area contributed by atoms with Crippen LogP contribution in [0.2, 0.25) is 0 Å². The van der Waals surface area contributed by atoms with Crippen molar-refractivity contribution in [2.75, 3.05) is 31.8 Å². The highest BCUT2D eigenvalue weighted by Crippen LogP contribution is 2.33. The van der Waals surface area contributed by atoms with Crippen molar-refractivity contribution in [1.82, 2.24) is 4.98 Å². The number of aryl methyl sites for hydroxylation is 2. The molecule has 3 rings (SSSR count). The van der Waals surface area contributed by atoms with Crippen molar-refractivity contribution < 1.29 is 33.4 Å².